The van der Waals surface area contributed by atoms with Crippen LogP contribution in [0.5, 0.6) is 5.75 Å². The first kappa shape index (κ1) is 16.0. The zero-order chi connectivity index (χ0) is 15.2. The number of benzene rings is 2. The van der Waals surface area contributed by atoms with Gasteiger partial charge in [0.25, 0.3) is 0 Å². The van der Waals surface area contributed by atoms with Crippen LogP contribution in [0.25, 0.3) is 0 Å². The molecule has 0 aliphatic carbocycles. The average molecular weight is 352 g/mol. The van der Waals surface area contributed by atoms with Gasteiger partial charge in [0.15, 0.2) is 0 Å². The molecule has 0 fully saturated rings. The summed E-state index contributed by atoms with van der Waals surface area (Å²) in [5.74, 6) is 0.612. The zero-order valence-corrected chi connectivity index (χ0v) is 13.8. The Bertz CT molecular complexity index is 603. The van der Waals surface area contributed by atoms with E-state index in [9.17, 15) is 4.39 Å². The summed E-state index contributed by atoms with van der Waals surface area (Å²) in [7, 11) is 1.66. The first-order chi connectivity index (χ1) is 10.1. The Balaban J connectivity index is 2.25. The molecule has 0 aliphatic rings. The van der Waals surface area contributed by atoms with E-state index >= 15 is 0 Å². The number of nitrogens with one attached hydrogen (secondary N) is 1. The minimum absolute atomic E-state index is 0.159. The third kappa shape index (κ3) is 4.29. The Morgan fingerprint density at radius 3 is 2.71 bits per heavy atom. The van der Waals surface area contributed by atoms with Gasteiger partial charge in [0.05, 0.1) is 7.11 Å². The van der Waals surface area contributed by atoms with Crippen LogP contribution in [-0.2, 0) is 6.42 Å². The summed E-state index contributed by atoms with van der Waals surface area (Å²) in [5, 5.41) is 3.47. The van der Waals surface area contributed by atoms with Crippen molar-refractivity contribution >= 4 is 15.9 Å². The minimum atomic E-state index is -0.230. The largest absolute Gasteiger partial charge is 0.497 e. The van der Waals surface area contributed by atoms with E-state index < -0.39 is 0 Å². The Hall–Kier alpha value is -1.39. The van der Waals surface area contributed by atoms with Crippen molar-refractivity contribution in [2.75, 3.05) is 13.7 Å². The van der Waals surface area contributed by atoms with E-state index in [1.807, 2.05) is 24.3 Å². The van der Waals surface area contributed by atoms with Gasteiger partial charge < -0.3 is 10.1 Å². The van der Waals surface area contributed by atoms with Gasteiger partial charge in [-0.1, -0.05) is 41.1 Å². The summed E-state index contributed by atoms with van der Waals surface area (Å²) in [6.45, 7) is 2.94. The van der Waals surface area contributed by atoms with Crippen LogP contribution in [0.3, 0.4) is 0 Å². The SMILES string of the molecule is CCNC(Cc1ccc(F)cc1Br)c1cccc(OC)c1. The second kappa shape index (κ2) is 7.57. The van der Waals surface area contributed by atoms with E-state index in [-0.39, 0.29) is 11.9 Å². The third-order valence-corrected chi connectivity index (χ3v) is 4.12. The quantitative estimate of drug-likeness (QED) is 0.827. The maximum atomic E-state index is 13.2. The van der Waals surface area contributed by atoms with E-state index in [1.54, 1.807) is 7.11 Å². The second-order valence-electron chi connectivity index (χ2n) is 4.83. The molecule has 21 heavy (non-hydrogen) atoms. The predicted octanol–water partition coefficient (Wildman–Crippen LogP) is 4.49. The maximum absolute atomic E-state index is 13.2. The number of methoxy groups -OCH3 is 1. The van der Waals surface area contributed by atoms with Crippen LogP contribution >= 0.6 is 15.9 Å². The lowest BCUT2D eigenvalue weighted by Gasteiger charge is -2.20. The van der Waals surface area contributed by atoms with Crippen molar-refractivity contribution in [2.24, 2.45) is 0 Å². The lowest BCUT2D eigenvalue weighted by atomic mass is 9.98. The van der Waals surface area contributed by atoms with Crippen molar-refractivity contribution in [1.29, 1.82) is 0 Å². The number of hydrogen-bond acceptors (Lipinski definition) is 2. The van der Waals surface area contributed by atoms with Crippen molar-refractivity contribution in [2.45, 2.75) is 19.4 Å². The number of ether oxygens (including phenoxy) is 1. The summed E-state index contributed by atoms with van der Waals surface area (Å²) >= 11 is 3.43. The van der Waals surface area contributed by atoms with Gasteiger partial charge in [0.2, 0.25) is 0 Å². The Kier molecular flexibility index (Phi) is 5.76. The normalized spacial score (nSPS) is 12.2. The first-order valence-corrected chi connectivity index (χ1v) is 7.74. The standard InChI is InChI=1S/C17H19BrFNO/c1-3-20-17(13-5-4-6-15(9-13)21-2)10-12-7-8-14(19)11-16(12)18/h4-9,11,17,20H,3,10H2,1-2H3. The molecule has 4 heteroatoms. The molecule has 2 aromatic carbocycles. The predicted molar refractivity (Wildman–Crippen MR) is 87.2 cm³/mol. The molecule has 1 atom stereocenters. The highest BCUT2D eigenvalue weighted by Gasteiger charge is 2.14. The van der Waals surface area contributed by atoms with Gasteiger partial charge >= 0.3 is 0 Å². The molecule has 1 unspecified atom stereocenters. The lowest BCUT2D eigenvalue weighted by molar-refractivity contribution is 0.413. The molecule has 2 aromatic rings. The highest BCUT2D eigenvalue weighted by Crippen LogP contribution is 2.26. The highest BCUT2D eigenvalue weighted by molar-refractivity contribution is 9.10. The van der Waals surface area contributed by atoms with Crippen LogP contribution in [0.15, 0.2) is 46.9 Å². The van der Waals surface area contributed by atoms with Gasteiger partial charge in [-0.05, 0) is 48.4 Å². The summed E-state index contributed by atoms with van der Waals surface area (Å²) in [6.07, 6.45) is 0.780. The summed E-state index contributed by atoms with van der Waals surface area (Å²) in [5.41, 5.74) is 2.23. The summed E-state index contributed by atoms with van der Waals surface area (Å²) in [4.78, 5) is 0. The van der Waals surface area contributed by atoms with E-state index in [0.29, 0.717) is 0 Å². The molecule has 2 nitrogen and oxygen atoms in total. The second-order valence-corrected chi connectivity index (χ2v) is 5.68. The van der Waals surface area contributed by atoms with Crippen molar-refractivity contribution in [3.63, 3.8) is 0 Å². The van der Waals surface area contributed by atoms with Crippen molar-refractivity contribution in [1.82, 2.24) is 5.32 Å². The smallest absolute Gasteiger partial charge is 0.124 e. The molecule has 0 aromatic heterocycles. The van der Waals surface area contributed by atoms with Gasteiger partial charge in [-0.3, -0.25) is 0 Å². The number of hydrogen-bond donors (Lipinski definition) is 1. The summed E-state index contributed by atoms with van der Waals surface area (Å²) in [6, 6.07) is 13.0. The molecular formula is C17H19BrFNO. The van der Waals surface area contributed by atoms with Gasteiger partial charge in [0.1, 0.15) is 11.6 Å². The summed E-state index contributed by atoms with van der Waals surface area (Å²) < 4.78 is 19.3. The molecule has 1 N–H and O–H groups in total. The van der Waals surface area contributed by atoms with E-state index in [4.69, 9.17) is 4.74 Å². The lowest BCUT2D eigenvalue weighted by Crippen LogP contribution is -2.23. The zero-order valence-electron chi connectivity index (χ0n) is 12.2. The van der Waals surface area contributed by atoms with E-state index in [0.717, 1.165) is 34.3 Å². The number of halogens is 2. The van der Waals surface area contributed by atoms with Crippen LogP contribution in [0, 0.1) is 5.82 Å². The minimum Gasteiger partial charge on any atom is -0.497 e. The molecule has 0 saturated carbocycles. The maximum Gasteiger partial charge on any atom is 0.124 e. The van der Waals surface area contributed by atoms with Crippen LogP contribution in [0.4, 0.5) is 4.39 Å². The fraction of sp³-hybridized carbons (Fsp3) is 0.294. The molecule has 112 valence electrons. The molecular weight excluding hydrogens is 333 g/mol. The molecule has 0 aliphatic heterocycles. The van der Waals surface area contributed by atoms with Crippen LogP contribution in [0.2, 0.25) is 0 Å². The van der Waals surface area contributed by atoms with Gasteiger partial charge in [-0.25, -0.2) is 4.39 Å². The van der Waals surface area contributed by atoms with Crippen molar-refractivity contribution in [3.05, 3.63) is 63.9 Å². The van der Waals surface area contributed by atoms with Crippen molar-refractivity contribution < 1.29 is 9.13 Å². The van der Waals surface area contributed by atoms with Crippen LogP contribution in [-0.4, -0.2) is 13.7 Å². The van der Waals surface area contributed by atoms with Gasteiger partial charge in [-0.2, -0.15) is 0 Å². The van der Waals surface area contributed by atoms with Gasteiger partial charge in [0, 0.05) is 10.5 Å². The fourth-order valence-electron chi connectivity index (χ4n) is 2.32. The molecule has 2 rings (SSSR count). The Morgan fingerprint density at radius 1 is 1.24 bits per heavy atom. The van der Waals surface area contributed by atoms with Crippen LogP contribution < -0.4 is 10.1 Å². The molecule has 0 bridgehead atoms. The topological polar surface area (TPSA) is 21.3 Å². The fourth-order valence-corrected chi connectivity index (χ4v) is 2.83. The number of likely N-dealkylation sites (N-methyl/N-ethyl adjacent to an activating group) is 1. The molecule has 0 spiro atoms. The first-order valence-electron chi connectivity index (χ1n) is 6.95. The Labute approximate surface area is 133 Å². The molecule has 0 amide bonds. The van der Waals surface area contributed by atoms with E-state index in [1.165, 1.54) is 12.1 Å². The number of rotatable bonds is 6. The van der Waals surface area contributed by atoms with E-state index in [2.05, 4.69) is 34.2 Å². The molecule has 0 radical (unpaired) electrons. The molecule has 0 saturated heterocycles. The van der Waals surface area contributed by atoms with Gasteiger partial charge in [-0.15, -0.1) is 0 Å². The average Bonchev–Trinajstić information content (AvgIpc) is 2.49. The molecule has 0 heterocycles. The highest BCUT2D eigenvalue weighted by atomic mass is 79.9. The van der Waals surface area contributed by atoms with Crippen LogP contribution in [0.1, 0.15) is 24.1 Å². The monoisotopic (exact) mass is 351 g/mol. The third-order valence-electron chi connectivity index (χ3n) is 3.39. The van der Waals surface area contributed by atoms with Crippen molar-refractivity contribution in [3.8, 4) is 5.75 Å². The Morgan fingerprint density at radius 2 is 2.05 bits per heavy atom.